The average Bonchev–Trinajstić information content (AvgIpc) is 3.25. The lowest BCUT2D eigenvalue weighted by Crippen LogP contribution is -2.39. The average molecular weight is 407 g/mol. The van der Waals surface area contributed by atoms with Crippen molar-refractivity contribution < 1.29 is 23.9 Å². The second kappa shape index (κ2) is 7.62. The van der Waals surface area contributed by atoms with Crippen LogP contribution in [0.25, 0.3) is 0 Å². The number of ether oxygens (including phenoxy) is 2. The first-order chi connectivity index (χ1) is 14.5. The van der Waals surface area contributed by atoms with Crippen molar-refractivity contribution in [3.05, 3.63) is 54.1 Å². The van der Waals surface area contributed by atoms with E-state index in [-0.39, 0.29) is 12.3 Å². The van der Waals surface area contributed by atoms with E-state index in [2.05, 4.69) is 5.10 Å². The SMILES string of the molecule is CCOC(=O)C1=NN(c2cccc(C)c2)[C@@H]2C(=O)N(c3ccccc3OC)C(=O)[C@H]12. The normalized spacial score (nSPS) is 20.3. The zero-order valence-corrected chi connectivity index (χ0v) is 16.9. The molecule has 2 heterocycles. The maximum absolute atomic E-state index is 13.4. The van der Waals surface area contributed by atoms with Crippen molar-refractivity contribution in [1.82, 2.24) is 0 Å². The summed E-state index contributed by atoms with van der Waals surface area (Å²) in [5.74, 6) is -2.38. The van der Waals surface area contributed by atoms with E-state index in [0.29, 0.717) is 17.1 Å². The van der Waals surface area contributed by atoms with Gasteiger partial charge in [0.2, 0.25) is 5.91 Å². The van der Waals surface area contributed by atoms with Crippen LogP contribution >= 0.6 is 0 Å². The number of carbonyl (C=O) groups is 3. The van der Waals surface area contributed by atoms with Crippen molar-refractivity contribution in [2.45, 2.75) is 19.9 Å². The molecule has 8 nitrogen and oxygen atoms in total. The third-order valence-electron chi connectivity index (χ3n) is 5.13. The third-order valence-corrected chi connectivity index (χ3v) is 5.13. The smallest absolute Gasteiger partial charge is 0.355 e. The second-order valence-corrected chi connectivity index (χ2v) is 7.00. The quantitative estimate of drug-likeness (QED) is 0.558. The van der Waals surface area contributed by atoms with E-state index < -0.39 is 29.7 Å². The summed E-state index contributed by atoms with van der Waals surface area (Å²) in [5.41, 5.74) is 1.84. The van der Waals surface area contributed by atoms with Gasteiger partial charge in [0.05, 0.1) is 25.1 Å². The Bertz CT molecular complexity index is 1060. The van der Waals surface area contributed by atoms with Gasteiger partial charge in [0.15, 0.2) is 5.71 Å². The number of hydrogen-bond acceptors (Lipinski definition) is 7. The Morgan fingerprint density at radius 2 is 1.87 bits per heavy atom. The van der Waals surface area contributed by atoms with Gasteiger partial charge in [-0.25, -0.2) is 9.69 Å². The molecule has 2 atom stereocenters. The molecule has 2 aromatic carbocycles. The van der Waals surface area contributed by atoms with Crippen LogP contribution in [0.5, 0.6) is 5.75 Å². The molecule has 154 valence electrons. The van der Waals surface area contributed by atoms with E-state index >= 15 is 0 Å². The molecule has 0 spiro atoms. The molecular formula is C22H21N3O5. The van der Waals surface area contributed by atoms with Crippen LogP contribution in [-0.4, -0.2) is 43.3 Å². The predicted octanol–water partition coefficient (Wildman–Crippen LogP) is 2.30. The lowest BCUT2D eigenvalue weighted by molar-refractivity contribution is -0.136. The number of hydrogen-bond donors (Lipinski definition) is 0. The van der Waals surface area contributed by atoms with Crippen molar-refractivity contribution >= 4 is 34.9 Å². The highest BCUT2D eigenvalue weighted by Crippen LogP contribution is 2.40. The molecule has 0 bridgehead atoms. The molecular weight excluding hydrogens is 386 g/mol. The summed E-state index contributed by atoms with van der Waals surface area (Å²) < 4.78 is 10.4. The van der Waals surface area contributed by atoms with E-state index in [0.717, 1.165) is 10.5 Å². The Morgan fingerprint density at radius 3 is 2.57 bits per heavy atom. The molecule has 1 saturated heterocycles. The molecule has 2 aliphatic rings. The van der Waals surface area contributed by atoms with Crippen LogP contribution in [0, 0.1) is 12.8 Å². The highest BCUT2D eigenvalue weighted by atomic mass is 16.5. The summed E-state index contributed by atoms with van der Waals surface area (Å²) in [5, 5.41) is 5.79. The van der Waals surface area contributed by atoms with Crippen LogP contribution in [0.3, 0.4) is 0 Å². The third kappa shape index (κ3) is 3.01. The van der Waals surface area contributed by atoms with E-state index in [1.807, 2.05) is 25.1 Å². The number of rotatable bonds is 5. The van der Waals surface area contributed by atoms with Crippen LogP contribution in [0.2, 0.25) is 0 Å². The van der Waals surface area contributed by atoms with Gasteiger partial charge in [0.1, 0.15) is 17.7 Å². The van der Waals surface area contributed by atoms with Gasteiger partial charge >= 0.3 is 5.97 Å². The van der Waals surface area contributed by atoms with Crippen LogP contribution in [-0.2, 0) is 19.1 Å². The molecule has 0 N–H and O–H groups in total. The number of imide groups is 1. The zero-order valence-electron chi connectivity index (χ0n) is 16.9. The maximum atomic E-state index is 13.4. The van der Waals surface area contributed by atoms with Crippen molar-refractivity contribution in [2.24, 2.45) is 11.0 Å². The number of amides is 2. The van der Waals surface area contributed by atoms with Crippen molar-refractivity contribution in [1.29, 1.82) is 0 Å². The van der Waals surface area contributed by atoms with E-state index in [4.69, 9.17) is 9.47 Å². The molecule has 8 heteroatoms. The highest BCUT2D eigenvalue weighted by molar-refractivity contribution is 6.47. The van der Waals surface area contributed by atoms with Gasteiger partial charge in [0, 0.05) is 0 Å². The number of nitrogens with zero attached hydrogens (tertiary/aromatic N) is 3. The number of anilines is 2. The summed E-state index contributed by atoms with van der Waals surface area (Å²) in [4.78, 5) is 40.4. The Kier molecular flexibility index (Phi) is 4.99. The molecule has 4 rings (SSSR count). The maximum Gasteiger partial charge on any atom is 0.355 e. The van der Waals surface area contributed by atoms with E-state index in [1.54, 1.807) is 37.3 Å². The van der Waals surface area contributed by atoms with Gasteiger partial charge in [-0.3, -0.25) is 14.6 Å². The molecule has 2 aliphatic heterocycles. The Balaban J connectivity index is 1.82. The number of hydrazone groups is 1. The van der Waals surface area contributed by atoms with Crippen LogP contribution in [0.15, 0.2) is 53.6 Å². The first-order valence-electron chi connectivity index (χ1n) is 9.60. The summed E-state index contributed by atoms with van der Waals surface area (Å²) in [6.45, 7) is 3.72. The Hall–Kier alpha value is -3.68. The monoisotopic (exact) mass is 407 g/mol. The molecule has 0 saturated carbocycles. The molecule has 2 amide bonds. The number of esters is 1. The first-order valence-corrected chi connectivity index (χ1v) is 9.60. The lowest BCUT2D eigenvalue weighted by atomic mass is 9.97. The highest BCUT2D eigenvalue weighted by Gasteiger charge is 2.59. The predicted molar refractivity (Wildman–Crippen MR) is 110 cm³/mol. The van der Waals surface area contributed by atoms with Gasteiger partial charge in [-0.1, -0.05) is 24.3 Å². The first kappa shape index (κ1) is 19.6. The molecule has 0 unspecified atom stereocenters. The Morgan fingerprint density at radius 1 is 1.10 bits per heavy atom. The zero-order chi connectivity index (χ0) is 21.4. The number of methoxy groups -OCH3 is 1. The fourth-order valence-electron chi connectivity index (χ4n) is 3.82. The lowest BCUT2D eigenvalue weighted by Gasteiger charge is -2.23. The van der Waals surface area contributed by atoms with E-state index in [1.165, 1.54) is 12.1 Å². The van der Waals surface area contributed by atoms with Gasteiger partial charge in [-0.05, 0) is 43.7 Å². The van der Waals surface area contributed by atoms with Crippen molar-refractivity contribution in [3.63, 3.8) is 0 Å². The minimum Gasteiger partial charge on any atom is -0.495 e. The molecule has 1 fully saturated rings. The molecule has 30 heavy (non-hydrogen) atoms. The topological polar surface area (TPSA) is 88.5 Å². The summed E-state index contributed by atoms with van der Waals surface area (Å²) in [6.07, 6.45) is 0. The van der Waals surface area contributed by atoms with Crippen LogP contribution in [0.4, 0.5) is 11.4 Å². The van der Waals surface area contributed by atoms with Gasteiger partial charge in [-0.15, -0.1) is 0 Å². The summed E-state index contributed by atoms with van der Waals surface area (Å²) >= 11 is 0. The van der Waals surface area contributed by atoms with Crippen molar-refractivity contribution in [2.75, 3.05) is 23.6 Å². The number of fused-ring (bicyclic) bond motifs is 1. The molecule has 2 aromatic rings. The van der Waals surface area contributed by atoms with Gasteiger partial charge in [0.25, 0.3) is 5.91 Å². The van der Waals surface area contributed by atoms with Crippen molar-refractivity contribution in [3.8, 4) is 5.75 Å². The van der Waals surface area contributed by atoms with Crippen LogP contribution < -0.4 is 14.6 Å². The van der Waals surface area contributed by atoms with Crippen LogP contribution in [0.1, 0.15) is 12.5 Å². The molecule has 0 aliphatic carbocycles. The molecule has 0 aromatic heterocycles. The fourth-order valence-corrected chi connectivity index (χ4v) is 3.82. The largest absolute Gasteiger partial charge is 0.495 e. The van der Waals surface area contributed by atoms with Gasteiger partial charge in [-0.2, -0.15) is 5.10 Å². The minimum atomic E-state index is -1.05. The number of carbonyl (C=O) groups excluding carboxylic acids is 3. The Labute approximate surface area is 173 Å². The number of aryl methyl sites for hydroxylation is 1. The number of benzene rings is 2. The standard InChI is InChI=1S/C22H21N3O5/c1-4-30-22(28)18-17-19(25(23-18)14-9-7-8-13(2)12-14)21(27)24(20(17)26)15-10-5-6-11-16(15)29-3/h5-12,17,19H,4H2,1-3H3/t17-,19+/m1/s1. The molecule has 0 radical (unpaired) electrons. The number of para-hydroxylation sites is 2. The van der Waals surface area contributed by atoms with E-state index in [9.17, 15) is 14.4 Å². The summed E-state index contributed by atoms with van der Waals surface area (Å²) in [7, 11) is 1.47. The second-order valence-electron chi connectivity index (χ2n) is 7.00. The van der Waals surface area contributed by atoms with Gasteiger partial charge < -0.3 is 9.47 Å². The minimum absolute atomic E-state index is 0.0703. The summed E-state index contributed by atoms with van der Waals surface area (Å²) in [6, 6.07) is 13.2. The fraction of sp³-hybridized carbons (Fsp3) is 0.273.